The molecule has 0 unspecified atom stereocenters. The van der Waals surface area contributed by atoms with Gasteiger partial charge in [0, 0.05) is 26.1 Å². The molecular weight excluding hydrogens is 326 g/mol. The van der Waals surface area contributed by atoms with Gasteiger partial charge in [-0.25, -0.2) is 0 Å². The molecule has 0 atom stereocenters. The Kier molecular flexibility index (Phi) is 10.1. The van der Waals surface area contributed by atoms with Gasteiger partial charge < -0.3 is 20.3 Å². The molecule has 26 heavy (non-hydrogen) atoms. The molecular formula is C21H35N3O2. The molecule has 1 amide bonds. The Balaban J connectivity index is 1.39. The smallest absolute Gasteiger partial charge is 0.221 e. The predicted molar refractivity (Wildman–Crippen MR) is 106 cm³/mol. The van der Waals surface area contributed by atoms with Crippen LogP contribution in [0.4, 0.5) is 0 Å². The maximum atomic E-state index is 11.9. The fourth-order valence-electron chi connectivity index (χ4n) is 3.29. The molecule has 1 aromatic carbocycles. The van der Waals surface area contributed by atoms with Crippen LogP contribution < -0.4 is 15.4 Å². The number of rotatable bonds is 12. The van der Waals surface area contributed by atoms with E-state index in [0.29, 0.717) is 6.42 Å². The number of carbonyl (C=O) groups is 1. The van der Waals surface area contributed by atoms with Crippen molar-refractivity contribution in [2.75, 3.05) is 39.8 Å². The first-order valence-corrected chi connectivity index (χ1v) is 10.1. The second-order valence-electron chi connectivity index (χ2n) is 7.09. The highest BCUT2D eigenvalue weighted by Gasteiger charge is 2.11. The highest BCUT2D eigenvalue weighted by atomic mass is 16.5. The van der Waals surface area contributed by atoms with Crippen LogP contribution in [-0.4, -0.2) is 50.6 Å². The third-order valence-corrected chi connectivity index (χ3v) is 4.94. The van der Waals surface area contributed by atoms with Crippen molar-refractivity contribution in [1.82, 2.24) is 15.5 Å². The molecule has 0 aromatic heterocycles. The molecule has 1 heterocycles. The number of methoxy groups -OCH3 is 1. The van der Waals surface area contributed by atoms with Crippen LogP contribution in [0.15, 0.2) is 24.3 Å². The summed E-state index contributed by atoms with van der Waals surface area (Å²) >= 11 is 0. The third kappa shape index (κ3) is 8.68. The lowest BCUT2D eigenvalue weighted by Crippen LogP contribution is -2.34. The number of piperidine rings is 1. The summed E-state index contributed by atoms with van der Waals surface area (Å²) in [6.07, 6.45) is 7.89. The Morgan fingerprint density at radius 2 is 1.77 bits per heavy atom. The van der Waals surface area contributed by atoms with E-state index in [-0.39, 0.29) is 5.91 Å². The van der Waals surface area contributed by atoms with Crippen LogP contribution in [0.1, 0.15) is 50.5 Å². The number of carbonyl (C=O) groups excluding carboxylic acids is 1. The Morgan fingerprint density at radius 1 is 1.04 bits per heavy atom. The molecule has 2 N–H and O–H groups in total. The summed E-state index contributed by atoms with van der Waals surface area (Å²) in [6, 6.07) is 8.16. The van der Waals surface area contributed by atoms with E-state index in [9.17, 15) is 4.79 Å². The Hall–Kier alpha value is -1.59. The lowest BCUT2D eigenvalue weighted by atomic mass is 10.1. The monoisotopic (exact) mass is 361 g/mol. The van der Waals surface area contributed by atoms with Crippen LogP contribution in [0.3, 0.4) is 0 Å². The number of amides is 1. The average Bonchev–Trinajstić information content (AvgIpc) is 2.69. The molecule has 0 saturated carbocycles. The molecule has 1 aliphatic heterocycles. The van der Waals surface area contributed by atoms with Crippen LogP contribution in [-0.2, 0) is 11.3 Å². The number of hydrogen-bond donors (Lipinski definition) is 2. The van der Waals surface area contributed by atoms with Crippen molar-refractivity contribution in [1.29, 1.82) is 0 Å². The van der Waals surface area contributed by atoms with Gasteiger partial charge >= 0.3 is 0 Å². The minimum Gasteiger partial charge on any atom is -0.497 e. The normalized spacial score (nSPS) is 15.0. The van der Waals surface area contributed by atoms with Gasteiger partial charge in [-0.2, -0.15) is 0 Å². The zero-order valence-corrected chi connectivity index (χ0v) is 16.3. The fraction of sp³-hybridized carbons (Fsp3) is 0.667. The topological polar surface area (TPSA) is 53.6 Å². The zero-order chi connectivity index (χ0) is 18.5. The van der Waals surface area contributed by atoms with Gasteiger partial charge in [0.25, 0.3) is 0 Å². The predicted octanol–water partition coefficient (Wildman–Crippen LogP) is 2.95. The second-order valence-corrected chi connectivity index (χ2v) is 7.09. The molecule has 5 heteroatoms. The van der Waals surface area contributed by atoms with E-state index in [1.807, 2.05) is 12.1 Å². The number of benzene rings is 1. The Morgan fingerprint density at radius 3 is 2.50 bits per heavy atom. The molecule has 0 bridgehead atoms. The maximum Gasteiger partial charge on any atom is 0.221 e. The SMILES string of the molecule is COc1ccc(CNCCCCCNC(=O)CCN2CCCCC2)cc1. The average molecular weight is 362 g/mol. The van der Waals surface area contributed by atoms with Crippen LogP contribution >= 0.6 is 0 Å². The van der Waals surface area contributed by atoms with Gasteiger partial charge in [0.15, 0.2) is 0 Å². The van der Waals surface area contributed by atoms with E-state index in [1.165, 1.54) is 24.8 Å². The fourth-order valence-corrected chi connectivity index (χ4v) is 3.29. The quantitative estimate of drug-likeness (QED) is 0.562. The molecule has 1 fully saturated rings. The standard InChI is InChI=1S/C21H35N3O2/c1-26-20-10-8-19(9-11-20)18-22-13-4-2-5-14-23-21(25)12-17-24-15-6-3-7-16-24/h8-11,22H,2-7,12-18H2,1H3,(H,23,25). The second kappa shape index (κ2) is 12.7. The molecule has 146 valence electrons. The van der Waals surface area contributed by atoms with Gasteiger partial charge in [0.2, 0.25) is 5.91 Å². The van der Waals surface area contributed by atoms with Gasteiger partial charge in [-0.15, -0.1) is 0 Å². The maximum absolute atomic E-state index is 11.9. The van der Waals surface area contributed by atoms with Crippen LogP contribution in [0.5, 0.6) is 5.75 Å². The van der Waals surface area contributed by atoms with Crippen molar-refractivity contribution < 1.29 is 9.53 Å². The van der Waals surface area contributed by atoms with Gasteiger partial charge in [-0.1, -0.05) is 25.0 Å². The zero-order valence-electron chi connectivity index (χ0n) is 16.3. The molecule has 0 aliphatic carbocycles. The van der Waals surface area contributed by atoms with Crippen molar-refractivity contribution in [3.05, 3.63) is 29.8 Å². The van der Waals surface area contributed by atoms with E-state index in [2.05, 4.69) is 27.7 Å². The number of hydrogen-bond acceptors (Lipinski definition) is 4. The van der Waals surface area contributed by atoms with E-state index >= 15 is 0 Å². The van der Waals surface area contributed by atoms with Crippen molar-refractivity contribution in [2.24, 2.45) is 0 Å². The Bertz CT molecular complexity index is 498. The first-order chi connectivity index (χ1) is 12.8. The number of unbranched alkanes of at least 4 members (excludes halogenated alkanes) is 2. The van der Waals surface area contributed by atoms with Crippen molar-refractivity contribution in [2.45, 2.75) is 51.5 Å². The molecule has 1 aliphatic rings. The first-order valence-electron chi connectivity index (χ1n) is 10.1. The van der Waals surface area contributed by atoms with Crippen LogP contribution in [0.25, 0.3) is 0 Å². The van der Waals surface area contributed by atoms with Crippen LogP contribution in [0, 0.1) is 0 Å². The van der Waals surface area contributed by atoms with E-state index < -0.39 is 0 Å². The molecule has 1 aromatic rings. The molecule has 0 spiro atoms. The van der Waals surface area contributed by atoms with Gasteiger partial charge in [-0.05, 0) is 63.0 Å². The first kappa shape index (κ1) is 20.7. The summed E-state index contributed by atoms with van der Waals surface area (Å²) < 4.78 is 5.16. The largest absolute Gasteiger partial charge is 0.497 e. The Labute approximate surface area is 158 Å². The van der Waals surface area contributed by atoms with Crippen molar-refractivity contribution in [3.63, 3.8) is 0 Å². The van der Waals surface area contributed by atoms with E-state index in [1.54, 1.807) is 7.11 Å². The number of nitrogens with zero attached hydrogens (tertiary/aromatic N) is 1. The summed E-state index contributed by atoms with van der Waals surface area (Å²) in [5.41, 5.74) is 1.27. The summed E-state index contributed by atoms with van der Waals surface area (Å²) in [5.74, 6) is 1.10. The lowest BCUT2D eigenvalue weighted by Gasteiger charge is -2.25. The minimum atomic E-state index is 0.202. The highest BCUT2D eigenvalue weighted by Crippen LogP contribution is 2.11. The summed E-state index contributed by atoms with van der Waals surface area (Å²) in [4.78, 5) is 14.3. The summed E-state index contributed by atoms with van der Waals surface area (Å²) in [6.45, 7) is 5.94. The number of ether oxygens (including phenoxy) is 1. The van der Waals surface area contributed by atoms with Crippen LogP contribution in [0.2, 0.25) is 0 Å². The lowest BCUT2D eigenvalue weighted by molar-refractivity contribution is -0.121. The molecule has 5 nitrogen and oxygen atoms in total. The third-order valence-electron chi connectivity index (χ3n) is 4.94. The van der Waals surface area contributed by atoms with Gasteiger partial charge in [0.1, 0.15) is 5.75 Å². The van der Waals surface area contributed by atoms with Gasteiger partial charge in [0.05, 0.1) is 7.11 Å². The van der Waals surface area contributed by atoms with Gasteiger partial charge in [-0.3, -0.25) is 4.79 Å². The van der Waals surface area contributed by atoms with Crippen molar-refractivity contribution in [3.8, 4) is 5.75 Å². The summed E-state index contributed by atoms with van der Waals surface area (Å²) in [7, 11) is 1.68. The van der Waals surface area contributed by atoms with Crippen molar-refractivity contribution >= 4 is 5.91 Å². The summed E-state index contributed by atoms with van der Waals surface area (Å²) in [5, 5.41) is 6.51. The number of nitrogens with one attached hydrogen (secondary N) is 2. The molecule has 1 saturated heterocycles. The molecule has 0 radical (unpaired) electrons. The molecule has 2 rings (SSSR count). The van der Waals surface area contributed by atoms with E-state index in [4.69, 9.17) is 4.74 Å². The number of likely N-dealkylation sites (tertiary alicyclic amines) is 1. The van der Waals surface area contributed by atoms with E-state index in [0.717, 1.165) is 64.3 Å². The minimum absolute atomic E-state index is 0.202. The highest BCUT2D eigenvalue weighted by molar-refractivity contribution is 5.75.